The highest BCUT2D eigenvalue weighted by Gasteiger charge is 2.27. The molecule has 0 radical (unpaired) electrons. The van der Waals surface area contributed by atoms with Crippen molar-refractivity contribution < 1.29 is 5.11 Å². The summed E-state index contributed by atoms with van der Waals surface area (Å²) in [5.74, 6) is 6.24. The minimum absolute atomic E-state index is 0.159. The summed E-state index contributed by atoms with van der Waals surface area (Å²) in [7, 11) is 0. The molecular formula is C9H13N9O. The van der Waals surface area contributed by atoms with Crippen LogP contribution in [0.2, 0.25) is 0 Å². The van der Waals surface area contributed by atoms with Gasteiger partial charge in [-0.3, -0.25) is 5.43 Å². The Hall–Kier alpha value is -2.33. The minimum Gasteiger partial charge on any atom is -0.393 e. The fraction of sp³-hybridized carbons (Fsp3) is 0.444. The Morgan fingerprint density at radius 2 is 2.05 bits per heavy atom. The third-order valence-electron chi connectivity index (χ3n) is 2.82. The molecule has 0 aromatic carbocycles. The van der Waals surface area contributed by atoms with Crippen molar-refractivity contribution in [3.8, 4) is 5.95 Å². The van der Waals surface area contributed by atoms with Crippen LogP contribution in [0.15, 0.2) is 12.7 Å². The van der Waals surface area contributed by atoms with Crippen LogP contribution >= 0.6 is 0 Å². The summed E-state index contributed by atoms with van der Waals surface area (Å²) < 4.78 is 1.41. The van der Waals surface area contributed by atoms with Crippen LogP contribution in [0.5, 0.6) is 0 Å². The Morgan fingerprint density at radius 3 is 2.68 bits per heavy atom. The van der Waals surface area contributed by atoms with Crippen molar-refractivity contribution in [1.82, 2.24) is 29.7 Å². The zero-order valence-corrected chi connectivity index (χ0v) is 9.93. The average Bonchev–Trinajstić information content (AvgIpc) is 2.90. The molecule has 0 unspecified atom stereocenters. The maximum Gasteiger partial charge on any atom is 0.258 e. The van der Waals surface area contributed by atoms with E-state index in [1.54, 1.807) is 0 Å². The third kappa shape index (κ3) is 2.44. The molecule has 0 saturated heterocycles. The summed E-state index contributed by atoms with van der Waals surface area (Å²) in [5.41, 5.74) is 2.37. The van der Waals surface area contributed by atoms with Gasteiger partial charge in [-0.15, -0.1) is 0 Å². The van der Waals surface area contributed by atoms with Crippen molar-refractivity contribution in [2.75, 3.05) is 10.7 Å². The van der Waals surface area contributed by atoms with Crippen LogP contribution in [0, 0.1) is 0 Å². The van der Waals surface area contributed by atoms with Crippen LogP contribution in [0.3, 0.4) is 0 Å². The topological polar surface area (TPSA) is 140 Å². The van der Waals surface area contributed by atoms with Crippen LogP contribution in [0.1, 0.15) is 12.8 Å². The zero-order chi connectivity index (χ0) is 13.2. The zero-order valence-electron chi connectivity index (χ0n) is 9.93. The quantitative estimate of drug-likeness (QED) is 0.390. The Labute approximate surface area is 108 Å². The lowest BCUT2D eigenvalue weighted by Gasteiger charge is -2.31. The molecule has 1 fully saturated rings. The van der Waals surface area contributed by atoms with Crippen molar-refractivity contribution >= 4 is 11.9 Å². The van der Waals surface area contributed by atoms with Crippen molar-refractivity contribution in [1.29, 1.82) is 0 Å². The highest BCUT2D eigenvalue weighted by atomic mass is 16.3. The van der Waals surface area contributed by atoms with Gasteiger partial charge in [0, 0.05) is 6.04 Å². The molecule has 10 nitrogen and oxygen atoms in total. The summed E-state index contributed by atoms with van der Waals surface area (Å²) in [6, 6.07) is 0.159. The van der Waals surface area contributed by atoms with Crippen molar-refractivity contribution in [3.63, 3.8) is 0 Å². The Kier molecular flexibility index (Phi) is 2.93. The van der Waals surface area contributed by atoms with Gasteiger partial charge in [-0.2, -0.15) is 24.7 Å². The molecule has 2 aromatic heterocycles. The van der Waals surface area contributed by atoms with Gasteiger partial charge >= 0.3 is 0 Å². The van der Waals surface area contributed by atoms with Crippen LogP contribution < -0.4 is 16.6 Å². The smallest absolute Gasteiger partial charge is 0.258 e. The van der Waals surface area contributed by atoms with E-state index in [2.05, 4.69) is 35.8 Å². The molecule has 10 heteroatoms. The number of hydrogen-bond acceptors (Lipinski definition) is 9. The van der Waals surface area contributed by atoms with E-state index in [4.69, 9.17) is 5.84 Å². The molecule has 2 aromatic rings. The van der Waals surface area contributed by atoms with Crippen molar-refractivity contribution in [3.05, 3.63) is 12.7 Å². The van der Waals surface area contributed by atoms with E-state index in [0.717, 1.165) is 0 Å². The first kappa shape index (κ1) is 11.7. The second kappa shape index (κ2) is 4.74. The Balaban J connectivity index is 1.85. The molecule has 1 saturated carbocycles. The number of nitrogens with two attached hydrogens (primary N) is 1. The molecule has 1 aliphatic carbocycles. The van der Waals surface area contributed by atoms with Gasteiger partial charge in [-0.05, 0) is 12.8 Å². The first-order valence-corrected chi connectivity index (χ1v) is 5.77. The molecule has 19 heavy (non-hydrogen) atoms. The number of aliphatic hydroxyl groups is 1. The average molecular weight is 263 g/mol. The second-order valence-corrected chi connectivity index (χ2v) is 4.23. The monoisotopic (exact) mass is 263 g/mol. The van der Waals surface area contributed by atoms with Crippen LogP contribution in [-0.4, -0.2) is 47.0 Å². The van der Waals surface area contributed by atoms with E-state index in [0.29, 0.717) is 24.7 Å². The maximum absolute atomic E-state index is 9.25. The van der Waals surface area contributed by atoms with E-state index in [1.807, 2.05) is 0 Å². The number of nitrogen functional groups attached to an aromatic ring is 1. The summed E-state index contributed by atoms with van der Waals surface area (Å²) in [5, 5.41) is 16.3. The Bertz CT molecular complexity index is 551. The number of nitrogens with zero attached hydrogens (tertiary/aromatic N) is 6. The van der Waals surface area contributed by atoms with Gasteiger partial charge in [0.25, 0.3) is 5.95 Å². The lowest BCUT2D eigenvalue weighted by Crippen LogP contribution is -2.39. The number of aliphatic hydroxyl groups excluding tert-OH is 1. The maximum atomic E-state index is 9.25. The molecule has 100 valence electrons. The fourth-order valence-electron chi connectivity index (χ4n) is 1.80. The van der Waals surface area contributed by atoms with Crippen LogP contribution in [-0.2, 0) is 0 Å². The van der Waals surface area contributed by atoms with E-state index in [-0.39, 0.29) is 18.1 Å². The van der Waals surface area contributed by atoms with Gasteiger partial charge in [-0.25, -0.2) is 10.8 Å². The SMILES string of the molecule is NNc1nc(NC2CC(O)C2)nc(-n2cncn2)n1. The standard InChI is InChI=1S/C9H13N9O/c10-17-8-14-7(13-5-1-6(19)2-5)15-9(16-8)18-4-11-3-12-18/h3-6,19H,1-2,10H2,(H2,13,14,15,16,17). The van der Waals surface area contributed by atoms with Crippen molar-refractivity contribution in [2.45, 2.75) is 25.0 Å². The molecule has 3 rings (SSSR count). The van der Waals surface area contributed by atoms with Crippen molar-refractivity contribution in [2.24, 2.45) is 5.84 Å². The first-order valence-electron chi connectivity index (χ1n) is 5.77. The predicted octanol–water partition coefficient (Wildman–Crippen LogP) is -1.33. The number of rotatable bonds is 4. The normalized spacial score (nSPS) is 21.8. The third-order valence-corrected chi connectivity index (χ3v) is 2.82. The molecule has 0 bridgehead atoms. The first-order chi connectivity index (χ1) is 9.24. The minimum atomic E-state index is -0.249. The largest absolute Gasteiger partial charge is 0.393 e. The summed E-state index contributed by atoms with van der Waals surface area (Å²) in [6.07, 6.45) is 3.97. The molecule has 0 aliphatic heterocycles. The summed E-state index contributed by atoms with van der Waals surface area (Å²) in [4.78, 5) is 16.2. The number of aromatic nitrogens is 6. The molecular weight excluding hydrogens is 250 g/mol. The van der Waals surface area contributed by atoms with Gasteiger partial charge in [0.2, 0.25) is 11.9 Å². The number of hydrazine groups is 1. The highest BCUT2D eigenvalue weighted by Crippen LogP contribution is 2.22. The number of hydrogen-bond donors (Lipinski definition) is 4. The Morgan fingerprint density at radius 1 is 1.26 bits per heavy atom. The van der Waals surface area contributed by atoms with Crippen LogP contribution in [0.25, 0.3) is 5.95 Å². The summed E-state index contributed by atoms with van der Waals surface area (Å²) in [6.45, 7) is 0. The van der Waals surface area contributed by atoms with Crippen LogP contribution in [0.4, 0.5) is 11.9 Å². The number of nitrogens with one attached hydrogen (secondary N) is 2. The molecule has 0 spiro atoms. The molecule has 1 aliphatic rings. The fourth-order valence-corrected chi connectivity index (χ4v) is 1.80. The lowest BCUT2D eigenvalue weighted by atomic mass is 9.90. The van der Waals surface area contributed by atoms with Gasteiger partial charge in [0.05, 0.1) is 6.10 Å². The number of anilines is 2. The van der Waals surface area contributed by atoms with Gasteiger partial charge in [-0.1, -0.05) is 0 Å². The van der Waals surface area contributed by atoms with E-state index in [1.165, 1.54) is 17.3 Å². The van der Waals surface area contributed by atoms with Gasteiger partial charge in [0.1, 0.15) is 12.7 Å². The molecule has 0 amide bonds. The summed E-state index contributed by atoms with van der Waals surface area (Å²) >= 11 is 0. The molecule has 2 heterocycles. The predicted molar refractivity (Wildman–Crippen MR) is 65.2 cm³/mol. The van der Waals surface area contributed by atoms with Gasteiger partial charge < -0.3 is 10.4 Å². The molecule has 0 atom stereocenters. The molecule has 5 N–H and O–H groups in total. The lowest BCUT2D eigenvalue weighted by molar-refractivity contribution is 0.0834. The van der Waals surface area contributed by atoms with E-state index < -0.39 is 0 Å². The highest BCUT2D eigenvalue weighted by molar-refractivity contribution is 5.38. The van der Waals surface area contributed by atoms with Gasteiger partial charge in [0.15, 0.2) is 0 Å². The van der Waals surface area contributed by atoms with E-state index in [9.17, 15) is 5.11 Å². The second-order valence-electron chi connectivity index (χ2n) is 4.23. The van der Waals surface area contributed by atoms with E-state index >= 15 is 0 Å².